The third-order valence-electron chi connectivity index (χ3n) is 8.65. The maximum atomic E-state index is 6.13. The van der Waals surface area contributed by atoms with Crippen LogP contribution in [-0.2, 0) is 0 Å². The molecule has 4 nitrogen and oxygen atoms in total. The van der Waals surface area contributed by atoms with E-state index < -0.39 is 0 Å². The van der Waals surface area contributed by atoms with Gasteiger partial charge in [0.1, 0.15) is 11.2 Å². The van der Waals surface area contributed by atoms with E-state index in [0.29, 0.717) is 0 Å². The van der Waals surface area contributed by atoms with Crippen LogP contribution in [0.3, 0.4) is 0 Å². The van der Waals surface area contributed by atoms with Gasteiger partial charge in [-0.1, -0.05) is 84.9 Å². The highest BCUT2D eigenvalue weighted by molar-refractivity contribution is 6.11. The quantitative estimate of drug-likeness (QED) is 0.204. The second kappa shape index (κ2) is 10.2. The number of rotatable bonds is 5. The van der Waals surface area contributed by atoms with Gasteiger partial charge in [0.05, 0.1) is 22.1 Å². The molecule has 4 heteroatoms. The third-order valence-corrected chi connectivity index (χ3v) is 8.65. The van der Waals surface area contributed by atoms with Crippen LogP contribution in [0.2, 0.25) is 0 Å². The second-order valence-corrected chi connectivity index (χ2v) is 11.2. The molecule has 3 heterocycles. The van der Waals surface area contributed by atoms with E-state index in [4.69, 9.17) is 9.40 Å². The number of pyridine rings is 1. The van der Waals surface area contributed by atoms with Gasteiger partial charge in [-0.25, -0.2) is 0 Å². The Morgan fingerprint density at radius 1 is 0.467 bits per heavy atom. The second-order valence-electron chi connectivity index (χ2n) is 11.2. The van der Waals surface area contributed by atoms with Crippen LogP contribution < -0.4 is 4.90 Å². The van der Waals surface area contributed by atoms with E-state index in [1.165, 1.54) is 21.8 Å². The molecule has 9 rings (SSSR count). The van der Waals surface area contributed by atoms with E-state index in [1.54, 1.807) is 0 Å². The molecule has 0 aliphatic rings. The Bertz CT molecular complexity index is 2420. The number of nitrogens with zero attached hydrogens (tertiary/aromatic N) is 3. The van der Waals surface area contributed by atoms with E-state index in [9.17, 15) is 0 Å². The number of furan rings is 1. The number of hydrogen-bond acceptors (Lipinski definition) is 3. The van der Waals surface area contributed by atoms with Gasteiger partial charge in [0, 0.05) is 50.7 Å². The molecule has 0 N–H and O–H groups in total. The minimum atomic E-state index is 0.847. The molecule has 0 aliphatic heterocycles. The maximum Gasteiger partial charge on any atom is 0.139 e. The molecule has 0 spiro atoms. The average Bonchev–Trinajstić information content (AvgIpc) is 3.66. The molecule has 212 valence electrons. The van der Waals surface area contributed by atoms with E-state index in [1.807, 2.05) is 30.5 Å². The average molecular weight is 578 g/mol. The van der Waals surface area contributed by atoms with Crippen LogP contribution in [0.5, 0.6) is 0 Å². The normalized spacial score (nSPS) is 11.6. The Hall–Kier alpha value is -6.13. The van der Waals surface area contributed by atoms with Crippen molar-refractivity contribution in [3.8, 4) is 16.9 Å². The summed E-state index contributed by atoms with van der Waals surface area (Å²) in [4.78, 5) is 7.08. The van der Waals surface area contributed by atoms with Crippen LogP contribution >= 0.6 is 0 Å². The summed E-state index contributed by atoms with van der Waals surface area (Å²) >= 11 is 0. The van der Waals surface area contributed by atoms with Crippen molar-refractivity contribution in [2.45, 2.75) is 0 Å². The molecule has 0 aliphatic carbocycles. The highest BCUT2D eigenvalue weighted by atomic mass is 16.3. The van der Waals surface area contributed by atoms with Gasteiger partial charge >= 0.3 is 0 Å². The minimum absolute atomic E-state index is 0.847. The Kier molecular flexibility index (Phi) is 5.78. The molecule has 3 aromatic heterocycles. The number of para-hydroxylation sites is 4. The zero-order chi connectivity index (χ0) is 29.7. The molecule has 6 aromatic carbocycles. The SMILES string of the molecule is c1ccc(N(c2ccc(-c3nccc4oc5ccccc5c34)cc2)c2ccc(-n3c4ccccc4c4ccccc43)cc2)cc1. The van der Waals surface area contributed by atoms with Crippen LogP contribution in [-0.4, -0.2) is 9.55 Å². The number of benzene rings is 6. The maximum absolute atomic E-state index is 6.13. The smallest absolute Gasteiger partial charge is 0.139 e. The fraction of sp³-hybridized carbons (Fsp3) is 0. The first-order chi connectivity index (χ1) is 22.3. The first kappa shape index (κ1) is 25.4. The highest BCUT2D eigenvalue weighted by Gasteiger charge is 2.17. The Labute approximate surface area is 260 Å². The van der Waals surface area contributed by atoms with Crippen molar-refractivity contribution in [1.29, 1.82) is 0 Å². The zero-order valence-electron chi connectivity index (χ0n) is 24.3. The van der Waals surface area contributed by atoms with Crippen molar-refractivity contribution >= 4 is 60.8 Å². The predicted octanol–water partition coefficient (Wildman–Crippen LogP) is 11.2. The lowest BCUT2D eigenvalue weighted by Gasteiger charge is -2.26. The van der Waals surface area contributed by atoms with E-state index >= 15 is 0 Å². The predicted molar refractivity (Wildman–Crippen MR) is 186 cm³/mol. The highest BCUT2D eigenvalue weighted by Crippen LogP contribution is 2.39. The summed E-state index contributed by atoms with van der Waals surface area (Å²) in [7, 11) is 0. The van der Waals surface area contributed by atoms with Gasteiger partial charge in [-0.2, -0.15) is 0 Å². The topological polar surface area (TPSA) is 34.2 Å². The summed E-state index contributed by atoms with van der Waals surface area (Å²) < 4.78 is 8.48. The molecule has 0 radical (unpaired) electrons. The summed E-state index contributed by atoms with van der Waals surface area (Å²) in [6.07, 6.45) is 1.82. The van der Waals surface area contributed by atoms with Crippen molar-refractivity contribution in [3.05, 3.63) is 164 Å². The van der Waals surface area contributed by atoms with Crippen LogP contribution in [0.25, 0.3) is 60.7 Å². The number of anilines is 3. The lowest BCUT2D eigenvalue weighted by Crippen LogP contribution is -2.10. The number of hydrogen-bond donors (Lipinski definition) is 0. The standard InChI is InChI=1S/C41H27N3O/c1-2-10-29(11-3-1)43(30-20-18-28(19-21-30)41-40-35-14-6-9-17-38(35)45-39(40)26-27-42-41)31-22-24-32(25-23-31)44-36-15-7-4-12-33(36)34-13-5-8-16-37(34)44/h1-27H. The van der Waals surface area contributed by atoms with Crippen molar-refractivity contribution in [2.75, 3.05) is 4.90 Å². The van der Waals surface area contributed by atoms with E-state index in [-0.39, 0.29) is 0 Å². The van der Waals surface area contributed by atoms with E-state index in [0.717, 1.165) is 55.9 Å². The molecule has 0 bridgehead atoms. The molecule has 45 heavy (non-hydrogen) atoms. The summed E-state index contributed by atoms with van der Waals surface area (Å²) in [6.45, 7) is 0. The summed E-state index contributed by atoms with van der Waals surface area (Å²) in [5.74, 6) is 0. The molecular weight excluding hydrogens is 550 g/mol. The lowest BCUT2D eigenvalue weighted by atomic mass is 10.0. The van der Waals surface area contributed by atoms with Gasteiger partial charge in [0.15, 0.2) is 0 Å². The van der Waals surface area contributed by atoms with Gasteiger partial charge in [0.25, 0.3) is 0 Å². The Morgan fingerprint density at radius 3 is 1.71 bits per heavy atom. The summed E-state index contributed by atoms with van der Waals surface area (Å²) in [5.41, 5.74) is 10.5. The van der Waals surface area contributed by atoms with Gasteiger partial charge in [-0.15, -0.1) is 0 Å². The van der Waals surface area contributed by atoms with Gasteiger partial charge in [0.2, 0.25) is 0 Å². The first-order valence-corrected chi connectivity index (χ1v) is 15.1. The Balaban J connectivity index is 1.14. The van der Waals surface area contributed by atoms with E-state index in [2.05, 4.69) is 143 Å². The van der Waals surface area contributed by atoms with Crippen molar-refractivity contribution < 1.29 is 4.42 Å². The van der Waals surface area contributed by atoms with Crippen LogP contribution in [0, 0.1) is 0 Å². The van der Waals surface area contributed by atoms with Crippen LogP contribution in [0.1, 0.15) is 0 Å². The van der Waals surface area contributed by atoms with Crippen LogP contribution in [0.15, 0.2) is 168 Å². The minimum Gasteiger partial charge on any atom is -0.456 e. The summed E-state index contributed by atoms with van der Waals surface area (Å²) in [5, 5.41) is 4.64. The molecule has 0 amide bonds. The number of fused-ring (bicyclic) bond motifs is 6. The molecular formula is C41H27N3O. The fourth-order valence-corrected chi connectivity index (χ4v) is 6.63. The molecule has 0 fully saturated rings. The fourth-order valence-electron chi connectivity index (χ4n) is 6.63. The Morgan fingerprint density at radius 2 is 1.02 bits per heavy atom. The van der Waals surface area contributed by atoms with Crippen molar-refractivity contribution in [2.24, 2.45) is 0 Å². The molecule has 0 saturated heterocycles. The lowest BCUT2D eigenvalue weighted by molar-refractivity contribution is 0.668. The monoisotopic (exact) mass is 577 g/mol. The van der Waals surface area contributed by atoms with Crippen molar-refractivity contribution in [1.82, 2.24) is 9.55 Å². The number of aromatic nitrogens is 2. The van der Waals surface area contributed by atoms with Gasteiger partial charge in [-0.3, -0.25) is 4.98 Å². The molecule has 0 atom stereocenters. The molecule has 0 unspecified atom stereocenters. The molecule has 9 aromatic rings. The summed E-state index contributed by atoms with van der Waals surface area (Å²) in [6, 6.07) is 55.3. The zero-order valence-corrected chi connectivity index (χ0v) is 24.3. The van der Waals surface area contributed by atoms with Gasteiger partial charge < -0.3 is 13.9 Å². The van der Waals surface area contributed by atoms with Crippen LogP contribution in [0.4, 0.5) is 17.1 Å². The first-order valence-electron chi connectivity index (χ1n) is 15.1. The largest absolute Gasteiger partial charge is 0.456 e. The third kappa shape index (κ3) is 4.11. The molecule has 0 saturated carbocycles. The van der Waals surface area contributed by atoms with Crippen molar-refractivity contribution in [3.63, 3.8) is 0 Å². The van der Waals surface area contributed by atoms with Gasteiger partial charge in [-0.05, 0) is 72.8 Å².